The van der Waals surface area contributed by atoms with Gasteiger partial charge in [0.2, 0.25) is 0 Å². The van der Waals surface area contributed by atoms with Crippen molar-refractivity contribution >= 4 is 40.5 Å². The lowest BCUT2D eigenvalue weighted by molar-refractivity contribution is -0.133. The van der Waals surface area contributed by atoms with Crippen molar-refractivity contribution in [3.8, 4) is 0 Å². The van der Waals surface area contributed by atoms with Crippen LogP contribution in [0.4, 0.5) is 0 Å². The number of aliphatic carboxylic acids is 1. The highest BCUT2D eigenvalue weighted by Crippen LogP contribution is 2.24. The zero-order valence-electron chi connectivity index (χ0n) is 10.9. The summed E-state index contributed by atoms with van der Waals surface area (Å²) in [6.07, 6.45) is 1.55. The molecule has 0 aliphatic carbocycles. The van der Waals surface area contributed by atoms with Gasteiger partial charge in [0.05, 0.1) is 23.9 Å². The van der Waals surface area contributed by atoms with Gasteiger partial charge in [-0.15, -0.1) is 0 Å². The van der Waals surface area contributed by atoms with Gasteiger partial charge in [-0.2, -0.15) is 0 Å². The van der Waals surface area contributed by atoms with Gasteiger partial charge in [-0.3, -0.25) is 4.79 Å². The topological polar surface area (TPSA) is 77.2 Å². The van der Waals surface area contributed by atoms with Crippen molar-refractivity contribution in [2.45, 2.75) is 18.6 Å². The average molecular weight is 316 g/mol. The minimum absolute atomic E-state index is 0.0499. The van der Waals surface area contributed by atoms with Gasteiger partial charge in [0.15, 0.2) is 10.8 Å². The number of thioether (sulfide) groups is 1. The molecular weight excluding hydrogens is 302 g/mol. The zero-order chi connectivity index (χ0) is 14.5. The molecule has 0 amide bonds. The highest BCUT2D eigenvalue weighted by Gasteiger charge is 2.14. The fraction of sp³-hybridized carbons (Fsp3) is 0.417. The maximum Gasteiger partial charge on any atom is 0.313 e. The first kappa shape index (κ1) is 15.1. The molecule has 2 aromatic heterocycles. The van der Waals surface area contributed by atoms with Crippen molar-refractivity contribution < 1.29 is 14.6 Å². The van der Waals surface area contributed by atoms with Crippen molar-refractivity contribution in [1.29, 1.82) is 0 Å². The van der Waals surface area contributed by atoms with Gasteiger partial charge in [-0.25, -0.2) is 9.97 Å². The standard InChI is InChI=1S/C12H14ClN3O3S/c1-2-19-4-3-16-11-9(5-8(13)6-14-11)15-12(16)20-7-10(17)18/h5-6H,2-4,7H2,1H3,(H,17,18). The molecule has 0 atom stereocenters. The lowest BCUT2D eigenvalue weighted by Gasteiger charge is -2.07. The van der Waals surface area contributed by atoms with Gasteiger partial charge < -0.3 is 14.4 Å². The molecule has 0 unspecified atom stereocenters. The zero-order valence-corrected chi connectivity index (χ0v) is 12.4. The lowest BCUT2D eigenvalue weighted by atomic mass is 10.4. The predicted octanol–water partition coefficient (Wildman–Crippen LogP) is 2.30. The smallest absolute Gasteiger partial charge is 0.313 e. The van der Waals surface area contributed by atoms with Crippen LogP contribution in [0.3, 0.4) is 0 Å². The third-order valence-corrected chi connectivity index (χ3v) is 3.67. The molecule has 0 aliphatic heterocycles. The van der Waals surface area contributed by atoms with Crippen molar-refractivity contribution in [1.82, 2.24) is 14.5 Å². The molecule has 108 valence electrons. The Labute approximate surface area is 125 Å². The van der Waals surface area contributed by atoms with Gasteiger partial charge in [0.1, 0.15) is 5.52 Å². The summed E-state index contributed by atoms with van der Waals surface area (Å²) < 4.78 is 7.19. The van der Waals surface area contributed by atoms with Crippen LogP contribution >= 0.6 is 23.4 Å². The van der Waals surface area contributed by atoms with Gasteiger partial charge in [-0.1, -0.05) is 23.4 Å². The molecule has 0 radical (unpaired) electrons. The maximum atomic E-state index is 10.7. The number of carboxylic acids is 1. The largest absolute Gasteiger partial charge is 0.481 e. The van der Waals surface area contributed by atoms with Crippen molar-refractivity contribution in [3.63, 3.8) is 0 Å². The summed E-state index contributed by atoms with van der Waals surface area (Å²) in [4.78, 5) is 19.3. The Kier molecular flexibility index (Phi) is 5.22. The van der Waals surface area contributed by atoms with E-state index < -0.39 is 5.97 Å². The van der Waals surface area contributed by atoms with Crippen LogP contribution in [0.1, 0.15) is 6.92 Å². The van der Waals surface area contributed by atoms with Crippen LogP contribution < -0.4 is 0 Å². The molecule has 8 heteroatoms. The van der Waals surface area contributed by atoms with Gasteiger partial charge in [-0.05, 0) is 13.0 Å². The number of fused-ring (bicyclic) bond motifs is 1. The SMILES string of the molecule is CCOCCn1c(SCC(=O)O)nc2cc(Cl)cnc21. The molecule has 0 saturated carbocycles. The first-order valence-corrected chi connectivity index (χ1v) is 7.42. The number of carboxylic acid groups (broad SMARTS) is 1. The van der Waals surface area contributed by atoms with Crippen molar-refractivity contribution in [3.05, 3.63) is 17.3 Å². The second-order valence-electron chi connectivity index (χ2n) is 3.92. The lowest BCUT2D eigenvalue weighted by Crippen LogP contribution is -2.08. The molecule has 2 rings (SSSR count). The first-order valence-electron chi connectivity index (χ1n) is 6.06. The van der Waals surface area contributed by atoms with Crippen molar-refractivity contribution in [2.75, 3.05) is 19.0 Å². The monoisotopic (exact) mass is 315 g/mol. The van der Waals surface area contributed by atoms with Crippen LogP contribution in [0.2, 0.25) is 5.02 Å². The summed E-state index contributed by atoms with van der Waals surface area (Å²) in [5, 5.41) is 9.89. The molecule has 0 aromatic carbocycles. The van der Waals surface area contributed by atoms with E-state index in [0.29, 0.717) is 41.1 Å². The fourth-order valence-corrected chi connectivity index (χ4v) is 2.61. The normalized spacial score (nSPS) is 11.1. The summed E-state index contributed by atoms with van der Waals surface area (Å²) in [6.45, 7) is 3.64. The van der Waals surface area contributed by atoms with Crippen LogP contribution in [0.25, 0.3) is 11.2 Å². The van der Waals surface area contributed by atoms with E-state index in [9.17, 15) is 4.79 Å². The van der Waals surface area contributed by atoms with Gasteiger partial charge in [0, 0.05) is 12.8 Å². The minimum Gasteiger partial charge on any atom is -0.481 e. The average Bonchev–Trinajstić information content (AvgIpc) is 2.74. The number of imidazole rings is 1. The predicted molar refractivity (Wildman–Crippen MR) is 77.4 cm³/mol. The molecule has 0 aliphatic rings. The van der Waals surface area contributed by atoms with Crippen molar-refractivity contribution in [2.24, 2.45) is 0 Å². The summed E-state index contributed by atoms with van der Waals surface area (Å²) in [6, 6.07) is 1.71. The Morgan fingerprint density at radius 1 is 1.60 bits per heavy atom. The van der Waals surface area contributed by atoms with Gasteiger partial charge in [0.25, 0.3) is 0 Å². The highest BCUT2D eigenvalue weighted by atomic mass is 35.5. The number of hydrogen-bond acceptors (Lipinski definition) is 5. The molecule has 0 saturated heterocycles. The van der Waals surface area contributed by atoms with E-state index in [0.717, 1.165) is 11.8 Å². The molecule has 20 heavy (non-hydrogen) atoms. The Bertz CT molecular complexity index is 617. The van der Waals surface area contributed by atoms with Crippen LogP contribution in [0.15, 0.2) is 17.4 Å². The quantitative estimate of drug-likeness (QED) is 0.624. The van der Waals surface area contributed by atoms with E-state index >= 15 is 0 Å². The highest BCUT2D eigenvalue weighted by molar-refractivity contribution is 7.99. The number of pyridine rings is 1. The molecule has 2 aromatic rings. The maximum absolute atomic E-state index is 10.7. The summed E-state index contributed by atoms with van der Waals surface area (Å²) in [7, 11) is 0. The number of ether oxygens (including phenoxy) is 1. The number of carbonyl (C=O) groups is 1. The van der Waals surface area contributed by atoms with E-state index in [1.807, 2.05) is 11.5 Å². The van der Waals surface area contributed by atoms with Crippen LogP contribution in [-0.4, -0.2) is 44.6 Å². The Hall–Kier alpha value is -1.31. The van der Waals surface area contributed by atoms with Crippen LogP contribution in [-0.2, 0) is 16.1 Å². The summed E-state index contributed by atoms with van der Waals surface area (Å²) in [5.74, 6) is -0.935. The van der Waals surface area contributed by atoms with E-state index in [1.165, 1.54) is 0 Å². The van der Waals surface area contributed by atoms with Gasteiger partial charge >= 0.3 is 5.97 Å². The third-order valence-electron chi connectivity index (χ3n) is 2.50. The second-order valence-corrected chi connectivity index (χ2v) is 5.30. The summed E-state index contributed by atoms with van der Waals surface area (Å²) >= 11 is 7.06. The number of aromatic nitrogens is 3. The van der Waals surface area contributed by atoms with E-state index in [2.05, 4.69) is 9.97 Å². The fourth-order valence-electron chi connectivity index (χ4n) is 1.70. The number of hydrogen-bond donors (Lipinski definition) is 1. The van der Waals surface area contributed by atoms with Crippen LogP contribution in [0.5, 0.6) is 0 Å². The molecule has 0 bridgehead atoms. The second kappa shape index (κ2) is 6.92. The molecule has 2 heterocycles. The van der Waals surface area contributed by atoms with E-state index in [4.69, 9.17) is 21.4 Å². The van der Waals surface area contributed by atoms with Crippen LogP contribution in [0, 0.1) is 0 Å². The van der Waals surface area contributed by atoms with E-state index in [1.54, 1.807) is 12.3 Å². The Morgan fingerprint density at radius 3 is 3.10 bits per heavy atom. The first-order chi connectivity index (χ1) is 9.61. The summed E-state index contributed by atoms with van der Waals surface area (Å²) in [5.41, 5.74) is 1.34. The molecule has 0 fully saturated rings. The Morgan fingerprint density at radius 2 is 2.40 bits per heavy atom. The molecule has 0 spiro atoms. The molecule has 6 nitrogen and oxygen atoms in total. The molecular formula is C12H14ClN3O3S. The number of rotatable bonds is 7. The number of nitrogens with zero attached hydrogens (tertiary/aromatic N) is 3. The third kappa shape index (κ3) is 3.62. The number of halogens is 1. The Balaban J connectivity index is 2.31. The minimum atomic E-state index is -0.885. The van der Waals surface area contributed by atoms with E-state index in [-0.39, 0.29) is 5.75 Å². The molecule has 1 N–H and O–H groups in total.